The van der Waals surface area contributed by atoms with Crippen molar-refractivity contribution in [3.63, 3.8) is 0 Å². The molecule has 1 aromatic heterocycles. The van der Waals surface area contributed by atoms with Crippen LogP contribution in [-0.4, -0.2) is 28.8 Å². The molecule has 26 heavy (non-hydrogen) atoms. The van der Waals surface area contributed by atoms with Gasteiger partial charge in [0.05, 0.1) is 22.5 Å². The van der Waals surface area contributed by atoms with Crippen LogP contribution in [0.2, 0.25) is 0 Å². The summed E-state index contributed by atoms with van der Waals surface area (Å²) in [5.41, 5.74) is 3.15. The fourth-order valence-corrected chi connectivity index (χ4v) is 4.95. The summed E-state index contributed by atoms with van der Waals surface area (Å²) in [4.78, 5) is 4.97. The van der Waals surface area contributed by atoms with Gasteiger partial charge in [0.2, 0.25) is 10.0 Å². The van der Waals surface area contributed by atoms with Crippen LogP contribution in [0.15, 0.2) is 53.4 Å². The molecular weight excluding hydrogens is 346 g/mol. The quantitative estimate of drug-likeness (QED) is 0.708. The second-order valence-electron chi connectivity index (χ2n) is 7.25. The van der Waals surface area contributed by atoms with E-state index in [4.69, 9.17) is 0 Å². The first-order chi connectivity index (χ1) is 12.4. The predicted octanol–water partition coefficient (Wildman–Crippen LogP) is 3.44. The number of aromatic nitrogens is 2. The first-order valence-corrected chi connectivity index (χ1v) is 10.4. The van der Waals surface area contributed by atoms with Gasteiger partial charge in [-0.25, -0.2) is 13.4 Å². The van der Waals surface area contributed by atoms with E-state index in [0.29, 0.717) is 30.4 Å². The van der Waals surface area contributed by atoms with E-state index in [-0.39, 0.29) is 0 Å². The molecule has 0 unspecified atom stereocenters. The van der Waals surface area contributed by atoms with Gasteiger partial charge in [0.1, 0.15) is 5.82 Å². The van der Waals surface area contributed by atoms with Crippen molar-refractivity contribution in [2.45, 2.75) is 38.3 Å². The third kappa shape index (κ3) is 3.04. The number of para-hydroxylation sites is 2. The minimum absolute atomic E-state index is 0.310. The first kappa shape index (κ1) is 17.2. The zero-order valence-electron chi connectivity index (χ0n) is 15.1. The molecular formula is C20H23N3O2S. The lowest BCUT2D eigenvalue weighted by molar-refractivity contribution is 0.339. The van der Waals surface area contributed by atoms with Crippen molar-refractivity contribution in [1.82, 2.24) is 13.9 Å². The predicted molar refractivity (Wildman–Crippen MR) is 102 cm³/mol. The summed E-state index contributed by atoms with van der Waals surface area (Å²) in [7, 11) is -3.51. The Morgan fingerprint density at radius 2 is 1.77 bits per heavy atom. The van der Waals surface area contributed by atoms with Crippen LogP contribution in [0.1, 0.15) is 25.2 Å². The molecule has 0 fully saturated rings. The van der Waals surface area contributed by atoms with Crippen molar-refractivity contribution in [3.05, 3.63) is 59.9 Å². The molecule has 0 N–H and O–H groups in total. The number of hydrogen-bond acceptors (Lipinski definition) is 3. The molecule has 4 rings (SSSR count). The van der Waals surface area contributed by atoms with Crippen LogP contribution in [0.5, 0.6) is 0 Å². The van der Waals surface area contributed by atoms with Crippen molar-refractivity contribution in [3.8, 4) is 0 Å². The third-order valence-corrected chi connectivity index (χ3v) is 6.69. The van der Waals surface area contributed by atoms with Crippen molar-refractivity contribution in [2.24, 2.45) is 5.92 Å². The monoisotopic (exact) mass is 369 g/mol. The van der Waals surface area contributed by atoms with Gasteiger partial charge in [-0.05, 0) is 42.2 Å². The second kappa shape index (κ2) is 6.52. The van der Waals surface area contributed by atoms with Gasteiger partial charge in [-0.3, -0.25) is 0 Å². The van der Waals surface area contributed by atoms with Gasteiger partial charge in [0.25, 0.3) is 0 Å². The first-order valence-electron chi connectivity index (χ1n) is 8.98. The van der Waals surface area contributed by atoms with Crippen LogP contribution in [0, 0.1) is 5.92 Å². The molecule has 1 aliphatic rings. The smallest absolute Gasteiger partial charge is 0.243 e. The number of rotatable bonds is 4. The van der Waals surface area contributed by atoms with Gasteiger partial charge >= 0.3 is 0 Å². The lowest BCUT2D eigenvalue weighted by atomic mass is 10.0. The summed E-state index contributed by atoms with van der Waals surface area (Å²) in [6.07, 6.45) is 0.952. The third-order valence-electron chi connectivity index (χ3n) is 4.83. The SMILES string of the molecule is CC(C)Cc1ccc(S(=O)(=O)N2CCn3c(nc4ccccc43)C2)cc1. The number of fused-ring (bicyclic) bond motifs is 3. The van der Waals surface area contributed by atoms with Crippen molar-refractivity contribution >= 4 is 21.1 Å². The number of hydrogen-bond donors (Lipinski definition) is 0. The van der Waals surface area contributed by atoms with E-state index in [9.17, 15) is 8.42 Å². The number of imidazole rings is 1. The molecule has 0 spiro atoms. The van der Waals surface area contributed by atoms with Gasteiger partial charge in [0, 0.05) is 13.1 Å². The molecule has 0 bridgehead atoms. The van der Waals surface area contributed by atoms with E-state index in [1.165, 1.54) is 9.87 Å². The molecule has 0 saturated heterocycles. The summed E-state index contributed by atoms with van der Waals surface area (Å²) in [6, 6.07) is 15.2. The Balaban J connectivity index is 1.61. The van der Waals surface area contributed by atoms with Gasteiger partial charge in [-0.15, -0.1) is 0 Å². The highest BCUT2D eigenvalue weighted by atomic mass is 32.2. The standard InChI is InChI=1S/C20H23N3O2S/c1-15(2)13-16-7-9-17(10-8-16)26(24,25)22-11-12-23-19-6-4-3-5-18(19)21-20(23)14-22/h3-10,15H,11-14H2,1-2H3. The molecule has 6 heteroatoms. The maximum atomic E-state index is 13.0. The van der Waals surface area contributed by atoms with E-state index in [1.807, 2.05) is 36.4 Å². The van der Waals surface area contributed by atoms with Gasteiger partial charge in [-0.2, -0.15) is 4.31 Å². The van der Waals surface area contributed by atoms with Gasteiger partial charge < -0.3 is 4.57 Å². The van der Waals surface area contributed by atoms with Crippen molar-refractivity contribution in [2.75, 3.05) is 6.54 Å². The van der Waals surface area contributed by atoms with E-state index in [1.54, 1.807) is 12.1 Å². The normalized spacial score (nSPS) is 15.5. The molecule has 2 aromatic carbocycles. The van der Waals surface area contributed by atoms with Crippen LogP contribution in [0.3, 0.4) is 0 Å². The lowest BCUT2D eigenvalue weighted by Gasteiger charge is -2.27. The summed E-state index contributed by atoms with van der Waals surface area (Å²) in [5.74, 6) is 1.35. The molecule has 0 radical (unpaired) electrons. The maximum Gasteiger partial charge on any atom is 0.243 e. The Morgan fingerprint density at radius 1 is 1.04 bits per heavy atom. The van der Waals surface area contributed by atoms with Crippen LogP contribution >= 0.6 is 0 Å². The maximum absolute atomic E-state index is 13.0. The topological polar surface area (TPSA) is 55.2 Å². The minimum Gasteiger partial charge on any atom is -0.326 e. The average Bonchev–Trinajstić information content (AvgIpc) is 2.99. The average molecular weight is 369 g/mol. The summed E-state index contributed by atoms with van der Waals surface area (Å²) >= 11 is 0. The molecule has 0 atom stereocenters. The number of nitrogens with zero attached hydrogens (tertiary/aromatic N) is 3. The Morgan fingerprint density at radius 3 is 2.50 bits per heavy atom. The van der Waals surface area contributed by atoms with E-state index in [2.05, 4.69) is 23.4 Å². The van der Waals surface area contributed by atoms with Crippen LogP contribution in [-0.2, 0) is 29.5 Å². The second-order valence-corrected chi connectivity index (χ2v) is 9.19. The molecule has 5 nitrogen and oxygen atoms in total. The van der Waals surface area contributed by atoms with Crippen molar-refractivity contribution < 1.29 is 8.42 Å². The molecule has 136 valence electrons. The fourth-order valence-electron chi connectivity index (χ4n) is 3.57. The molecule has 0 amide bonds. The molecule has 1 aliphatic heterocycles. The Bertz CT molecular complexity index is 1040. The van der Waals surface area contributed by atoms with E-state index in [0.717, 1.165) is 23.3 Å². The number of benzene rings is 2. The van der Waals surface area contributed by atoms with E-state index < -0.39 is 10.0 Å². The zero-order chi connectivity index (χ0) is 18.3. The zero-order valence-corrected chi connectivity index (χ0v) is 15.9. The molecule has 0 aliphatic carbocycles. The molecule has 0 saturated carbocycles. The van der Waals surface area contributed by atoms with Crippen LogP contribution in [0.4, 0.5) is 0 Å². The Labute approximate surface area is 154 Å². The van der Waals surface area contributed by atoms with Crippen LogP contribution in [0.25, 0.3) is 11.0 Å². The molecule has 3 aromatic rings. The summed E-state index contributed by atoms with van der Waals surface area (Å²) in [6.45, 7) is 5.71. The highest BCUT2D eigenvalue weighted by Gasteiger charge is 2.30. The van der Waals surface area contributed by atoms with Crippen molar-refractivity contribution in [1.29, 1.82) is 0 Å². The van der Waals surface area contributed by atoms with E-state index >= 15 is 0 Å². The lowest BCUT2D eigenvalue weighted by Crippen LogP contribution is -2.38. The highest BCUT2D eigenvalue weighted by Crippen LogP contribution is 2.25. The Hall–Kier alpha value is -2.18. The fraction of sp³-hybridized carbons (Fsp3) is 0.350. The molecule has 2 heterocycles. The number of sulfonamides is 1. The summed E-state index contributed by atoms with van der Waals surface area (Å²) in [5, 5.41) is 0. The highest BCUT2D eigenvalue weighted by molar-refractivity contribution is 7.89. The van der Waals surface area contributed by atoms with Crippen LogP contribution < -0.4 is 0 Å². The minimum atomic E-state index is -3.51. The summed E-state index contributed by atoms with van der Waals surface area (Å²) < 4.78 is 29.7. The van der Waals surface area contributed by atoms with Gasteiger partial charge in [0.15, 0.2) is 0 Å². The Kier molecular flexibility index (Phi) is 4.32. The largest absolute Gasteiger partial charge is 0.326 e. The van der Waals surface area contributed by atoms with Gasteiger partial charge in [-0.1, -0.05) is 38.1 Å².